The van der Waals surface area contributed by atoms with Crippen molar-refractivity contribution in [3.05, 3.63) is 59.2 Å². The van der Waals surface area contributed by atoms with E-state index in [1.54, 1.807) is 4.90 Å². The molecule has 0 bridgehead atoms. The number of hydrogen-bond acceptors (Lipinski definition) is 6. The summed E-state index contributed by atoms with van der Waals surface area (Å²) in [5.41, 5.74) is 2.13. The second-order valence-electron chi connectivity index (χ2n) is 9.37. The van der Waals surface area contributed by atoms with Gasteiger partial charge in [0, 0.05) is 31.2 Å². The summed E-state index contributed by atoms with van der Waals surface area (Å²) in [6, 6.07) is 12.0. The lowest BCUT2D eigenvalue weighted by molar-refractivity contribution is -0.133. The highest BCUT2D eigenvalue weighted by atomic mass is 16.3. The summed E-state index contributed by atoms with van der Waals surface area (Å²) in [5, 5.41) is 42.8. The lowest BCUT2D eigenvalue weighted by Crippen LogP contribution is -2.43. The zero-order valence-electron chi connectivity index (χ0n) is 18.8. The van der Waals surface area contributed by atoms with Crippen LogP contribution >= 0.6 is 0 Å². The van der Waals surface area contributed by atoms with Crippen LogP contribution in [-0.4, -0.2) is 62.5 Å². The summed E-state index contributed by atoms with van der Waals surface area (Å²) in [7, 11) is 0. The van der Waals surface area contributed by atoms with E-state index in [1.807, 2.05) is 38.1 Å². The largest absolute Gasteiger partial charge is 0.508 e. The van der Waals surface area contributed by atoms with Crippen LogP contribution in [0.4, 0.5) is 0 Å². The van der Waals surface area contributed by atoms with Crippen LogP contribution in [0.25, 0.3) is 0 Å². The van der Waals surface area contributed by atoms with Gasteiger partial charge in [0.2, 0.25) is 5.91 Å². The number of rotatable bonds is 8. The average molecular weight is 443 g/mol. The topological polar surface area (TPSA) is 113 Å². The normalized spacial score (nSPS) is 17.9. The van der Waals surface area contributed by atoms with E-state index in [-0.39, 0.29) is 29.5 Å². The number of phenols is 2. The Morgan fingerprint density at radius 2 is 1.84 bits per heavy atom. The molecule has 2 aromatic rings. The van der Waals surface area contributed by atoms with Crippen LogP contribution in [0, 0.1) is 0 Å². The Hall–Kier alpha value is -2.61. The molecule has 1 aliphatic heterocycles. The summed E-state index contributed by atoms with van der Waals surface area (Å²) in [4.78, 5) is 14.4. The van der Waals surface area contributed by atoms with Gasteiger partial charge in [0.25, 0.3) is 0 Å². The number of aliphatic hydroxyl groups excluding tert-OH is 2. The molecule has 7 heteroatoms. The highest BCUT2D eigenvalue weighted by Gasteiger charge is 2.23. The highest BCUT2D eigenvalue weighted by molar-refractivity contribution is 5.79. The van der Waals surface area contributed by atoms with Gasteiger partial charge in [-0.1, -0.05) is 24.3 Å². The predicted molar refractivity (Wildman–Crippen MR) is 122 cm³/mol. The molecule has 1 aliphatic rings. The molecule has 1 fully saturated rings. The van der Waals surface area contributed by atoms with E-state index in [9.17, 15) is 25.2 Å². The third kappa shape index (κ3) is 6.95. The van der Waals surface area contributed by atoms with Gasteiger partial charge in [0.05, 0.1) is 18.6 Å². The minimum Gasteiger partial charge on any atom is -0.508 e. The molecule has 1 heterocycles. The maximum Gasteiger partial charge on any atom is 0.227 e. The molecule has 0 spiro atoms. The summed E-state index contributed by atoms with van der Waals surface area (Å²) in [5.74, 6) is -0.150. The quantitative estimate of drug-likeness (QED) is 0.429. The molecule has 2 aromatic carbocycles. The number of β-amino-alcohol motifs (C(OH)–C–C–N with tert-alkyl or cyclic N) is 2. The number of nitrogens with one attached hydrogen (secondary N) is 1. The van der Waals surface area contributed by atoms with Crippen molar-refractivity contribution in [3.8, 4) is 11.5 Å². The van der Waals surface area contributed by atoms with Crippen molar-refractivity contribution in [2.24, 2.45) is 0 Å². The van der Waals surface area contributed by atoms with E-state index in [1.165, 1.54) is 18.2 Å². The van der Waals surface area contributed by atoms with Gasteiger partial charge < -0.3 is 30.6 Å². The SMILES string of the molecule is CC(C)(Cc1cccc(CC(=O)N2CCC[C@@H](O)C2)c1)NCC(O)c1cc(O)cc(O)c1. The molecular formula is C25H34N2O5. The van der Waals surface area contributed by atoms with Gasteiger partial charge >= 0.3 is 0 Å². The molecule has 0 aliphatic carbocycles. The molecule has 1 unspecified atom stereocenters. The van der Waals surface area contributed by atoms with E-state index in [0.717, 1.165) is 24.0 Å². The Balaban J connectivity index is 1.56. The number of aliphatic hydroxyl groups is 2. The van der Waals surface area contributed by atoms with Gasteiger partial charge in [-0.25, -0.2) is 0 Å². The van der Waals surface area contributed by atoms with Crippen LogP contribution in [0.3, 0.4) is 0 Å². The highest BCUT2D eigenvalue weighted by Crippen LogP contribution is 2.25. The first-order valence-electron chi connectivity index (χ1n) is 11.1. The maximum atomic E-state index is 12.6. The smallest absolute Gasteiger partial charge is 0.227 e. The first kappa shape index (κ1) is 24.0. The van der Waals surface area contributed by atoms with Gasteiger partial charge in [0.15, 0.2) is 0 Å². The third-order valence-corrected chi connectivity index (χ3v) is 5.83. The Morgan fingerprint density at radius 1 is 1.16 bits per heavy atom. The van der Waals surface area contributed by atoms with Crippen molar-refractivity contribution in [2.45, 2.75) is 57.3 Å². The molecule has 3 rings (SSSR count). The second kappa shape index (κ2) is 10.3. The summed E-state index contributed by atoms with van der Waals surface area (Å²) in [6.07, 6.45) is 1.29. The zero-order chi connectivity index (χ0) is 23.3. The van der Waals surface area contributed by atoms with E-state index in [2.05, 4.69) is 5.32 Å². The van der Waals surface area contributed by atoms with Crippen molar-refractivity contribution in [1.29, 1.82) is 0 Å². The van der Waals surface area contributed by atoms with Gasteiger partial charge in [-0.05, 0) is 61.9 Å². The Kier molecular flexibility index (Phi) is 7.77. The van der Waals surface area contributed by atoms with Crippen molar-refractivity contribution >= 4 is 5.91 Å². The Labute approximate surface area is 189 Å². The van der Waals surface area contributed by atoms with Crippen molar-refractivity contribution in [2.75, 3.05) is 19.6 Å². The fraction of sp³-hybridized carbons (Fsp3) is 0.480. The Bertz CT molecular complexity index is 910. The summed E-state index contributed by atoms with van der Waals surface area (Å²) < 4.78 is 0. The van der Waals surface area contributed by atoms with Crippen molar-refractivity contribution in [3.63, 3.8) is 0 Å². The molecule has 1 saturated heterocycles. The lowest BCUT2D eigenvalue weighted by atomic mass is 9.93. The van der Waals surface area contributed by atoms with Crippen molar-refractivity contribution < 1.29 is 25.2 Å². The van der Waals surface area contributed by atoms with E-state index >= 15 is 0 Å². The zero-order valence-corrected chi connectivity index (χ0v) is 18.8. The molecule has 0 radical (unpaired) electrons. The van der Waals surface area contributed by atoms with E-state index in [4.69, 9.17) is 0 Å². The number of phenolic OH excluding ortho intramolecular Hbond substituents is 2. The van der Waals surface area contributed by atoms with Crippen LogP contribution in [0.2, 0.25) is 0 Å². The van der Waals surface area contributed by atoms with E-state index in [0.29, 0.717) is 31.5 Å². The minimum absolute atomic E-state index is 0.0378. The van der Waals surface area contributed by atoms with Crippen LogP contribution in [0.5, 0.6) is 11.5 Å². The second-order valence-corrected chi connectivity index (χ2v) is 9.37. The van der Waals surface area contributed by atoms with Crippen LogP contribution in [0.15, 0.2) is 42.5 Å². The van der Waals surface area contributed by atoms with Gasteiger partial charge in [-0.2, -0.15) is 0 Å². The number of piperidine rings is 1. The number of amides is 1. The predicted octanol–water partition coefficient (Wildman–Crippen LogP) is 2.27. The fourth-order valence-electron chi connectivity index (χ4n) is 4.19. The van der Waals surface area contributed by atoms with Crippen LogP contribution < -0.4 is 5.32 Å². The Morgan fingerprint density at radius 3 is 2.53 bits per heavy atom. The van der Waals surface area contributed by atoms with Crippen LogP contribution in [0.1, 0.15) is 49.5 Å². The molecule has 32 heavy (non-hydrogen) atoms. The van der Waals surface area contributed by atoms with Crippen molar-refractivity contribution in [1.82, 2.24) is 10.2 Å². The monoisotopic (exact) mass is 442 g/mol. The third-order valence-electron chi connectivity index (χ3n) is 5.83. The maximum absolute atomic E-state index is 12.6. The first-order chi connectivity index (χ1) is 15.1. The number of likely N-dealkylation sites (tertiary alicyclic amines) is 1. The molecule has 174 valence electrons. The molecule has 7 nitrogen and oxygen atoms in total. The fourth-order valence-corrected chi connectivity index (χ4v) is 4.19. The number of hydrogen-bond donors (Lipinski definition) is 5. The average Bonchev–Trinajstić information content (AvgIpc) is 2.71. The number of carbonyl (C=O) groups excluding carboxylic acids is 1. The number of carbonyl (C=O) groups is 1. The first-order valence-corrected chi connectivity index (χ1v) is 11.1. The van der Waals surface area contributed by atoms with E-state index < -0.39 is 12.2 Å². The molecule has 1 amide bonds. The van der Waals surface area contributed by atoms with Gasteiger partial charge in [-0.15, -0.1) is 0 Å². The summed E-state index contributed by atoms with van der Waals surface area (Å²) in [6.45, 7) is 5.44. The molecule has 0 aromatic heterocycles. The molecule has 5 N–H and O–H groups in total. The lowest BCUT2D eigenvalue weighted by Gasteiger charge is -2.30. The van der Waals surface area contributed by atoms with Crippen LogP contribution in [-0.2, 0) is 17.6 Å². The summed E-state index contributed by atoms with van der Waals surface area (Å²) >= 11 is 0. The number of benzene rings is 2. The molecule has 2 atom stereocenters. The molecule has 0 saturated carbocycles. The van der Waals surface area contributed by atoms with Gasteiger partial charge in [-0.3, -0.25) is 4.79 Å². The van der Waals surface area contributed by atoms with Gasteiger partial charge in [0.1, 0.15) is 11.5 Å². The minimum atomic E-state index is -0.879. The number of nitrogens with zero attached hydrogens (tertiary/aromatic N) is 1. The standard InChI is InChI=1S/C25H34N2O5/c1-25(2,26-15-23(31)19-11-21(29)13-22(30)12-19)14-18-6-3-5-17(9-18)10-24(32)27-8-4-7-20(28)16-27/h3,5-6,9,11-13,20,23,26,28-31H,4,7-8,10,14-16H2,1-2H3/t20-,23?/m1/s1. The molecular weight excluding hydrogens is 408 g/mol. The number of aromatic hydroxyl groups is 2.